The molecule has 0 bridgehead atoms. The van der Waals surface area contributed by atoms with Gasteiger partial charge in [-0.25, -0.2) is 4.98 Å². The van der Waals surface area contributed by atoms with Crippen LogP contribution >= 0.6 is 11.3 Å². The quantitative estimate of drug-likeness (QED) is 0.0954. The molecule has 0 saturated carbocycles. The molecule has 6 rings (SSSR count). The summed E-state index contributed by atoms with van der Waals surface area (Å²) in [4.78, 5) is 14.0. The molecule has 0 aliphatic heterocycles. The second kappa shape index (κ2) is 14.8. The molecule has 0 unspecified atom stereocenters. The fourth-order valence-corrected chi connectivity index (χ4v) is 8.36. The van der Waals surface area contributed by atoms with Gasteiger partial charge in [-0.05, 0) is 63.6 Å². The molecular formula is C39H42FIrN3SSi-2. The number of aromatic nitrogens is 3. The second-order valence-electron chi connectivity index (χ2n) is 14.3. The predicted octanol–water partition coefficient (Wildman–Crippen LogP) is 10.3. The Labute approximate surface area is 292 Å². The van der Waals surface area contributed by atoms with Crippen molar-refractivity contribution >= 4 is 44.9 Å². The van der Waals surface area contributed by atoms with Gasteiger partial charge in [-0.1, -0.05) is 82.9 Å². The van der Waals surface area contributed by atoms with E-state index in [1.54, 1.807) is 6.07 Å². The molecule has 2 aromatic carbocycles. The van der Waals surface area contributed by atoms with Crippen molar-refractivity contribution in [1.29, 1.82) is 0 Å². The molecule has 4 aromatic heterocycles. The molecule has 46 heavy (non-hydrogen) atoms. The Balaban J connectivity index is 0.000000210. The first-order valence-electron chi connectivity index (χ1n) is 15.6. The van der Waals surface area contributed by atoms with Crippen molar-refractivity contribution in [1.82, 2.24) is 15.0 Å². The van der Waals surface area contributed by atoms with Gasteiger partial charge in [-0.2, -0.15) is 15.7 Å². The Morgan fingerprint density at radius 2 is 1.67 bits per heavy atom. The van der Waals surface area contributed by atoms with Crippen LogP contribution in [0.3, 0.4) is 0 Å². The number of pyridine rings is 3. The molecular weight excluding hydrogens is 782 g/mol. The summed E-state index contributed by atoms with van der Waals surface area (Å²) < 4.78 is 14.5. The Hall–Kier alpha value is -3.09. The van der Waals surface area contributed by atoms with Crippen LogP contribution in [0.15, 0.2) is 79.1 Å². The van der Waals surface area contributed by atoms with Crippen LogP contribution in [0.25, 0.3) is 42.8 Å². The van der Waals surface area contributed by atoms with Crippen LogP contribution in [0.4, 0.5) is 4.39 Å². The van der Waals surface area contributed by atoms with Crippen LogP contribution < -0.4 is 5.19 Å². The largest absolute Gasteiger partial charge is 0.305 e. The zero-order chi connectivity index (χ0) is 32.4. The molecule has 0 saturated heterocycles. The van der Waals surface area contributed by atoms with Crippen LogP contribution in [-0.4, -0.2) is 23.0 Å². The minimum absolute atomic E-state index is 0. The summed E-state index contributed by atoms with van der Waals surface area (Å²) in [6.07, 6.45) is 6.08. The maximum Gasteiger partial charge on any atom is 0.214 e. The van der Waals surface area contributed by atoms with Gasteiger partial charge in [0.1, 0.15) is 4.83 Å². The maximum absolute atomic E-state index is 13.5. The van der Waals surface area contributed by atoms with Gasteiger partial charge in [0.15, 0.2) is 0 Å². The van der Waals surface area contributed by atoms with Crippen LogP contribution in [0, 0.1) is 29.4 Å². The fourth-order valence-electron chi connectivity index (χ4n) is 5.60. The summed E-state index contributed by atoms with van der Waals surface area (Å²) in [6.45, 7) is 18.4. The summed E-state index contributed by atoms with van der Waals surface area (Å²) >= 11 is 1.49. The van der Waals surface area contributed by atoms with Gasteiger partial charge >= 0.3 is 0 Å². The third kappa shape index (κ3) is 8.83. The molecule has 0 aliphatic carbocycles. The van der Waals surface area contributed by atoms with Crippen molar-refractivity contribution in [2.24, 2.45) is 11.3 Å². The molecule has 0 atom stereocenters. The normalized spacial score (nSPS) is 11.8. The van der Waals surface area contributed by atoms with Crippen molar-refractivity contribution in [3.8, 4) is 22.5 Å². The van der Waals surface area contributed by atoms with E-state index in [2.05, 4.69) is 112 Å². The van der Waals surface area contributed by atoms with Gasteiger partial charge in [0.05, 0.1) is 8.07 Å². The number of halogens is 1. The molecule has 6 aromatic rings. The van der Waals surface area contributed by atoms with Crippen molar-refractivity contribution in [2.45, 2.75) is 67.1 Å². The molecule has 7 heteroatoms. The molecule has 3 nitrogen and oxygen atoms in total. The monoisotopic (exact) mass is 824 g/mol. The zero-order valence-electron chi connectivity index (χ0n) is 28.0. The Kier molecular flexibility index (Phi) is 11.5. The zero-order valence-corrected chi connectivity index (χ0v) is 32.2. The minimum atomic E-state index is -1.34. The van der Waals surface area contributed by atoms with E-state index in [1.807, 2.05) is 36.5 Å². The van der Waals surface area contributed by atoms with E-state index in [-0.39, 0.29) is 25.5 Å². The molecule has 4 heterocycles. The number of hydrogen-bond acceptors (Lipinski definition) is 4. The number of fused-ring (bicyclic) bond motifs is 3. The van der Waals surface area contributed by atoms with E-state index in [0.29, 0.717) is 10.7 Å². The molecule has 0 spiro atoms. The Morgan fingerprint density at radius 3 is 2.35 bits per heavy atom. The standard InChI is InChI=1S/C21H18FN2S.C18H24NSi.Ir/c1-21(2,3)12-13-9-10-23-17(11-13)16-6-4-5-14-15-7-8-18(22)24-20(15)25-19(14)16;1-14(2)11-16-12-17(15-9-7-6-8-10-15)19-13-18(16)20(3,4)5;/h4-5,7-11H,12H2,1-3H3;6-9,12-14H,11H2,1-5H3;/q2*-1;. The van der Waals surface area contributed by atoms with E-state index in [4.69, 9.17) is 0 Å². The average Bonchev–Trinajstić information content (AvgIpc) is 3.34. The molecule has 0 aliphatic rings. The van der Waals surface area contributed by atoms with E-state index in [1.165, 1.54) is 33.7 Å². The van der Waals surface area contributed by atoms with Gasteiger partial charge in [-0.3, -0.25) is 0 Å². The number of hydrogen-bond donors (Lipinski definition) is 0. The first kappa shape index (κ1) is 35.8. The summed E-state index contributed by atoms with van der Waals surface area (Å²) in [5.41, 5.74) is 6.93. The summed E-state index contributed by atoms with van der Waals surface area (Å²) in [5.74, 6) is 0.218. The van der Waals surface area contributed by atoms with Crippen molar-refractivity contribution in [3.05, 3.63) is 108 Å². The molecule has 0 amide bonds. The number of rotatable bonds is 6. The average molecular weight is 824 g/mol. The van der Waals surface area contributed by atoms with Gasteiger partial charge in [0.2, 0.25) is 5.95 Å². The summed E-state index contributed by atoms with van der Waals surface area (Å²) in [5, 5.41) is 3.54. The predicted molar refractivity (Wildman–Crippen MR) is 192 cm³/mol. The first-order chi connectivity index (χ1) is 21.3. The van der Waals surface area contributed by atoms with Gasteiger partial charge < -0.3 is 9.97 Å². The fraction of sp³-hybridized carbons (Fsp3) is 0.308. The number of nitrogens with zero attached hydrogens (tertiary/aromatic N) is 3. The van der Waals surface area contributed by atoms with E-state index >= 15 is 0 Å². The smallest absolute Gasteiger partial charge is 0.214 e. The van der Waals surface area contributed by atoms with Crippen LogP contribution in [0.5, 0.6) is 0 Å². The summed E-state index contributed by atoms with van der Waals surface area (Å²) in [7, 11) is -1.34. The minimum Gasteiger partial charge on any atom is -0.305 e. The van der Waals surface area contributed by atoms with E-state index in [9.17, 15) is 4.39 Å². The van der Waals surface area contributed by atoms with Crippen LogP contribution in [0.1, 0.15) is 45.7 Å². The molecule has 0 fully saturated rings. The number of benzene rings is 2. The molecule has 0 N–H and O–H groups in total. The van der Waals surface area contributed by atoms with Crippen LogP contribution in [-0.2, 0) is 32.9 Å². The van der Waals surface area contributed by atoms with Gasteiger partial charge in [0, 0.05) is 37.9 Å². The Bertz CT molecular complexity index is 1920. The van der Waals surface area contributed by atoms with Gasteiger partial charge in [-0.15, -0.1) is 59.7 Å². The number of thiophene rings is 1. The second-order valence-corrected chi connectivity index (χ2v) is 20.4. The van der Waals surface area contributed by atoms with E-state index < -0.39 is 14.0 Å². The SMILES string of the molecule is CC(C)(C)Cc1ccnc(-c2[c-]ccc3c2sc2nc(F)ccc23)c1.CC(C)Cc1cc(-c2[c-]cccc2)ncc1[Si](C)(C)C.[Ir]. The van der Waals surface area contributed by atoms with E-state index in [0.717, 1.165) is 50.8 Å². The van der Waals surface area contributed by atoms with Gasteiger partial charge in [0.25, 0.3) is 0 Å². The molecule has 241 valence electrons. The Morgan fingerprint density at radius 1 is 0.891 bits per heavy atom. The third-order valence-corrected chi connectivity index (χ3v) is 10.7. The first-order valence-corrected chi connectivity index (χ1v) is 19.9. The summed E-state index contributed by atoms with van der Waals surface area (Å²) in [6, 6.07) is 28.3. The topological polar surface area (TPSA) is 38.7 Å². The van der Waals surface area contributed by atoms with Crippen molar-refractivity contribution < 1.29 is 24.5 Å². The molecule has 1 radical (unpaired) electrons. The maximum atomic E-state index is 13.5. The van der Waals surface area contributed by atoms with Crippen molar-refractivity contribution in [2.75, 3.05) is 0 Å². The van der Waals surface area contributed by atoms with Crippen LogP contribution in [0.2, 0.25) is 19.6 Å². The third-order valence-electron chi connectivity index (χ3n) is 7.49. The van der Waals surface area contributed by atoms with Crippen molar-refractivity contribution in [3.63, 3.8) is 0 Å².